The lowest BCUT2D eigenvalue weighted by atomic mass is 9.91. The third-order valence-electron chi connectivity index (χ3n) is 4.58. The zero-order valence-corrected chi connectivity index (χ0v) is 12.1. The number of piperidine rings is 1. The molecule has 1 aromatic rings. The molecular weight excluding hydrogens is 258 g/mol. The van der Waals surface area contributed by atoms with E-state index in [2.05, 4.69) is 22.5 Å². The van der Waals surface area contributed by atoms with Crippen molar-refractivity contribution >= 4 is 17.2 Å². The van der Waals surface area contributed by atoms with Crippen LogP contribution in [0.2, 0.25) is 0 Å². The number of rotatable bonds is 4. The Morgan fingerprint density at radius 3 is 3.05 bits per heavy atom. The van der Waals surface area contributed by atoms with Gasteiger partial charge in [0.15, 0.2) is 0 Å². The fourth-order valence-corrected chi connectivity index (χ4v) is 3.99. The molecule has 1 aliphatic carbocycles. The first kappa shape index (κ1) is 13.1. The molecule has 1 saturated carbocycles. The molecule has 0 radical (unpaired) electrons. The van der Waals surface area contributed by atoms with Gasteiger partial charge in [-0.1, -0.05) is 6.92 Å². The van der Waals surface area contributed by atoms with Crippen LogP contribution in [-0.2, 0) is 4.79 Å². The van der Waals surface area contributed by atoms with E-state index in [1.807, 2.05) is 5.38 Å². The minimum absolute atomic E-state index is 0.0897. The number of nitrogens with one attached hydrogen (secondary N) is 2. The number of hydrogen-bond donors (Lipinski definition) is 2. The van der Waals surface area contributed by atoms with Gasteiger partial charge < -0.3 is 10.6 Å². The second-order valence-corrected chi connectivity index (χ2v) is 6.63. The van der Waals surface area contributed by atoms with E-state index < -0.39 is 0 Å². The summed E-state index contributed by atoms with van der Waals surface area (Å²) >= 11 is 1.62. The second-order valence-electron chi connectivity index (χ2n) is 5.71. The molecule has 2 fully saturated rings. The fraction of sp³-hybridized carbons (Fsp3) is 0.714. The predicted octanol–water partition coefficient (Wildman–Crippen LogP) is 2.10. The molecule has 0 bridgehead atoms. The summed E-state index contributed by atoms with van der Waals surface area (Å²) in [5.74, 6) is 0.479. The van der Waals surface area contributed by atoms with Crippen molar-refractivity contribution in [2.75, 3.05) is 13.1 Å². The first-order chi connectivity index (χ1) is 9.25. The zero-order chi connectivity index (χ0) is 13.3. The maximum Gasteiger partial charge on any atom is 0.224 e. The second kappa shape index (κ2) is 5.21. The molecular formula is C14H21N3OS. The van der Waals surface area contributed by atoms with Crippen molar-refractivity contribution in [2.24, 2.45) is 11.3 Å². The Bertz CT molecular complexity index is 440. The Hall–Kier alpha value is -0.940. The van der Waals surface area contributed by atoms with Crippen LogP contribution < -0.4 is 10.6 Å². The van der Waals surface area contributed by atoms with Crippen LogP contribution in [0.3, 0.4) is 0 Å². The molecule has 2 unspecified atom stereocenters. The first-order valence-corrected chi connectivity index (χ1v) is 8.03. The Kier molecular flexibility index (Phi) is 3.58. The summed E-state index contributed by atoms with van der Waals surface area (Å²) in [7, 11) is 0. The Morgan fingerprint density at radius 2 is 2.42 bits per heavy atom. The molecule has 0 aromatic carbocycles. The van der Waals surface area contributed by atoms with Gasteiger partial charge in [0.05, 0.1) is 6.04 Å². The van der Waals surface area contributed by atoms with Gasteiger partial charge >= 0.3 is 0 Å². The van der Waals surface area contributed by atoms with E-state index in [1.54, 1.807) is 17.5 Å². The number of nitrogens with zero attached hydrogens (tertiary/aromatic N) is 1. The average molecular weight is 279 g/mol. The number of aromatic nitrogens is 1. The molecule has 2 N–H and O–H groups in total. The van der Waals surface area contributed by atoms with Gasteiger partial charge in [0.1, 0.15) is 5.01 Å². The van der Waals surface area contributed by atoms with Gasteiger partial charge in [0.2, 0.25) is 5.91 Å². The van der Waals surface area contributed by atoms with Gasteiger partial charge in [-0.3, -0.25) is 4.79 Å². The molecule has 1 aliphatic heterocycles. The molecule has 4 nitrogen and oxygen atoms in total. The van der Waals surface area contributed by atoms with Crippen molar-refractivity contribution in [1.82, 2.24) is 15.6 Å². The van der Waals surface area contributed by atoms with Gasteiger partial charge in [-0.2, -0.15) is 0 Å². The number of amides is 1. The molecule has 1 spiro atoms. The Morgan fingerprint density at radius 1 is 1.63 bits per heavy atom. The quantitative estimate of drug-likeness (QED) is 0.887. The highest BCUT2D eigenvalue weighted by Gasteiger charge is 2.57. The van der Waals surface area contributed by atoms with E-state index >= 15 is 0 Å². The third-order valence-corrected chi connectivity index (χ3v) is 5.47. The largest absolute Gasteiger partial charge is 0.347 e. The maximum absolute atomic E-state index is 12.4. The lowest BCUT2D eigenvalue weighted by Gasteiger charge is -2.23. The summed E-state index contributed by atoms with van der Waals surface area (Å²) in [5.41, 5.74) is 0.316. The number of thiazole rings is 1. The van der Waals surface area contributed by atoms with Crippen LogP contribution in [0.25, 0.3) is 0 Å². The highest BCUT2D eigenvalue weighted by atomic mass is 32.1. The van der Waals surface area contributed by atoms with E-state index in [0.717, 1.165) is 43.8 Å². The standard InChI is InChI=1S/C14H21N3OS/c1-2-11(13-16-7-8-19-13)17-12(18)10-9-14(10)3-5-15-6-4-14/h7-8,10-11,15H,2-6,9H2,1H3,(H,17,18). The van der Waals surface area contributed by atoms with Crippen LogP contribution in [0.4, 0.5) is 0 Å². The maximum atomic E-state index is 12.4. The molecule has 19 heavy (non-hydrogen) atoms. The average Bonchev–Trinajstić information content (AvgIpc) is 2.90. The van der Waals surface area contributed by atoms with Gasteiger partial charge in [0.25, 0.3) is 0 Å². The molecule has 1 saturated heterocycles. The van der Waals surface area contributed by atoms with Crippen LogP contribution in [0, 0.1) is 11.3 Å². The molecule has 104 valence electrons. The van der Waals surface area contributed by atoms with Crippen molar-refractivity contribution in [1.29, 1.82) is 0 Å². The summed E-state index contributed by atoms with van der Waals surface area (Å²) < 4.78 is 0. The van der Waals surface area contributed by atoms with Gasteiger partial charge in [-0.05, 0) is 44.2 Å². The minimum atomic E-state index is 0.0897. The van der Waals surface area contributed by atoms with Crippen LogP contribution in [0.5, 0.6) is 0 Å². The van der Waals surface area contributed by atoms with E-state index in [1.165, 1.54) is 0 Å². The van der Waals surface area contributed by atoms with Crippen molar-refractivity contribution in [3.8, 4) is 0 Å². The molecule has 1 amide bonds. The SMILES string of the molecule is CCC(NC(=O)C1CC12CCNCC2)c1nccs1. The molecule has 2 atom stereocenters. The summed E-state index contributed by atoms with van der Waals surface area (Å²) in [6, 6.07) is 0.0897. The summed E-state index contributed by atoms with van der Waals surface area (Å²) in [4.78, 5) is 16.7. The van der Waals surface area contributed by atoms with Crippen molar-refractivity contribution < 1.29 is 4.79 Å². The van der Waals surface area contributed by atoms with Crippen molar-refractivity contribution in [3.05, 3.63) is 16.6 Å². The van der Waals surface area contributed by atoms with Gasteiger partial charge in [-0.15, -0.1) is 11.3 Å². The van der Waals surface area contributed by atoms with E-state index in [9.17, 15) is 4.79 Å². The minimum Gasteiger partial charge on any atom is -0.347 e. The molecule has 3 rings (SSSR count). The lowest BCUT2D eigenvalue weighted by molar-refractivity contribution is -0.124. The van der Waals surface area contributed by atoms with E-state index in [0.29, 0.717) is 5.41 Å². The van der Waals surface area contributed by atoms with E-state index in [-0.39, 0.29) is 17.9 Å². The normalized spacial score (nSPS) is 26.1. The molecule has 2 heterocycles. The highest BCUT2D eigenvalue weighted by Crippen LogP contribution is 2.58. The number of carbonyl (C=O) groups excluding carboxylic acids is 1. The van der Waals surface area contributed by atoms with Crippen LogP contribution in [0.15, 0.2) is 11.6 Å². The molecule has 5 heteroatoms. The number of hydrogen-bond acceptors (Lipinski definition) is 4. The summed E-state index contributed by atoms with van der Waals surface area (Å²) in [6.07, 6.45) is 6.09. The first-order valence-electron chi connectivity index (χ1n) is 7.16. The highest BCUT2D eigenvalue weighted by molar-refractivity contribution is 7.09. The van der Waals surface area contributed by atoms with Crippen molar-refractivity contribution in [2.45, 2.75) is 38.6 Å². The molecule has 1 aromatic heterocycles. The van der Waals surface area contributed by atoms with Crippen LogP contribution in [0.1, 0.15) is 43.7 Å². The lowest BCUT2D eigenvalue weighted by Crippen LogP contribution is -2.35. The third kappa shape index (κ3) is 2.54. The number of carbonyl (C=O) groups is 1. The topological polar surface area (TPSA) is 54.0 Å². The summed E-state index contributed by atoms with van der Waals surface area (Å²) in [5, 5.41) is 9.56. The monoisotopic (exact) mass is 279 g/mol. The van der Waals surface area contributed by atoms with Gasteiger partial charge in [-0.25, -0.2) is 4.98 Å². The Balaban J connectivity index is 1.60. The van der Waals surface area contributed by atoms with E-state index in [4.69, 9.17) is 0 Å². The summed E-state index contributed by atoms with van der Waals surface area (Å²) in [6.45, 7) is 4.22. The van der Waals surface area contributed by atoms with Crippen molar-refractivity contribution in [3.63, 3.8) is 0 Å². The predicted molar refractivity (Wildman–Crippen MR) is 75.9 cm³/mol. The van der Waals surface area contributed by atoms with Crippen LogP contribution in [-0.4, -0.2) is 24.0 Å². The van der Waals surface area contributed by atoms with Gasteiger partial charge in [0, 0.05) is 17.5 Å². The molecule has 2 aliphatic rings. The smallest absolute Gasteiger partial charge is 0.224 e. The Labute approximate surface area is 118 Å². The van der Waals surface area contributed by atoms with Crippen LogP contribution >= 0.6 is 11.3 Å². The zero-order valence-electron chi connectivity index (χ0n) is 11.3. The fourth-order valence-electron chi connectivity index (χ4n) is 3.21.